The van der Waals surface area contributed by atoms with Crippen LogP contribution in [-0.4, -0.2) is 76.7 Å². The number of rotatable bonds is 8. The van der Waals surface area contributed by atoms with Crippen molar-refractivity contribution in [2.75, 3.05) is 46.9 Å². The first-order chi connectivity index (χ1) is 15.3. The minimum atomic E-state index is -3.53. The smallest absolute Gasteiger partial charge is 0.254 e. The SMILES string of the molecule is COc1cccc(/C=N\NC(=O)CN2CCN(S(=O)(=O)c3ccc(C)cc3)CC2)c1OC. The highest BCUT2D eigenvalue weighted by Gasteiger charge is 2.28. The molecular weight excluding hydrogens is 432 g/mol. The van der Waals surface area contributed by atoms with Crippen LogP contribution in [0.25, 0.3) is 0 Å². The van der Waals surface area contributed by atoms with Gasteiger partial charge in [-0.25, -0.2) is 13.8 Å². The Labute approximate surface area is 188 Å². The van der Waals surface area contributed by atoms with Gasteiger partial charge < -0.3 is 9.47 Å². The molecule has 1 aliphatic rings. The van der Waals surface area contributed by atoms with E-state index >= 15 is 0 Å². The van der Waals surface area contributed by atoms with Crippen LogP contribution in [0.4, 0.5) is 0 Å². The molecule has 0 bridgehead atoms. The van der Waals surface area contributed by atoms with E-state index in [1.54, 1.807) is 49.6 Å². The van der Waals surface area contributed by atoms with Crippen LogP contribution in [0.1, 0.15) is 11.1 Å². The summed E-state index contributed by atoms with van der Waals surface area (Å²) in [4.78, 5) is 14.4. The second kappa shape index (κ2) is 10.6. The number of sulfonamides is 1. The van der Waals surface area contributed by atoms with Gasteiger partial charge in [0.2, 0.25) is 10.0 Å². The fourth-order valence-electron chi connectivity index (χ4n) is 3.41. The van der Waals surface area contributed by atoms with E-state index in [0.29, 0.717) is 43.2 Å². The van der Waals surface area contributed by atoms with Crippen molar-refractivity contribution in [3.8, 4) is 11.5 Å². The number of methoxy groups -OCH3 is 2. The quantitative estimate of drug-likeness (QED) is 0.473. The van der Waals surface area contributed by atoms with Crippen molar-refractivity contribution in [1.82, 2.24) is 14.6 Å². The third-order valence-electron chi connectivity index (χ3n) is 5.18. The van der Waals surface area contributed by atoms with Crippen LogP contribution in [0.15, 0.2) is 52.5 Å². The molecule has 32 heavy (non-hydrogen) atoms. The molecule has 0 aromatic heterocycles. The molecule has 172 valence electrons. The first-order valence-corrected chi connectivity index (χ1v) is 11.6. The molecule has 1 heterocycles. The van der Waals surface area contributed by atoms with E-state index < -0.39 is 10.0 Å². The van der Waals surface area contributed by atoms with E-state index in [0.717, 1.165) is 5.56 Å². The molecule has 0 saturated carbocycles. The number of para-hydroxylation sites is 1. The van der Waals surface area contributed by atoms with Crippen molar-refractivity contribution in [2.24, 2.45) is 5.10 Å². The Kier molecular flexibility index (Phi) is 7.84. The molecule has 0 spiro atoms. The van der Waals surface area contributed by atoms with Crippen LogP contribution < -0.4 is 14.9 Å². The summed E-state index contributed by atoms with van der Waals surface area (Å²) in [5.74, 6) is 0.818. The number of nitrogens with one attached hydrogen (secondary N) is 1. The number of nitrogens with zero attached hydrogens (tertiary/aromatic N) is 3. The van der Waals surface area contributed by atoms with Crippen LogP contribution in [0, 0.1) is 6.92 Å². The standard InChI is InChI=1S/C22H28N4O5S/c1-17-7-9-19(10-8-17)32(28,29)26-13-11-25(12-14-26)16-21(27)24-23-15-18-5-4-6-20(30-2)22(18)31-3/h4-10,15H,11-14,16H2,1-3H3,(H,24,27)/b23-15-. The molecule has 0 unspecified atom stereocenters. The van der Waals surface area contributed by atoms with Gasteiger partial charge in [0, 0.05) is 31.7 Å². The van der Waals surface area contributed by atoms with Crippen LogP contribution in [0.3, 0.4) is 0 Å². The number of piperazine rings is 1. The van der Waals surface area contributed by atoms with Gasteiger partial charge in [-0.05, 0) is 31.2 Å². The number of hydrogen-bond acceptors (Lipinski definition) is 7. The topological polar surface area (TPSA) is 101 Å². The van der Waals surface area contributed by atoms with E-state index in [9.17, 15) is 13.2 Å². The van der Waals surface area contributed by atoms with Crippen molar-refractivity contribution < 1.29 is 22.7 Å². The zero-order valence-corrected chi connectivity index (χ0v) is 19.3. The first kappa shape index (κ1) is 23.7. The van der Waals surface area contributed by atoms with Crippen molar-refractivity contribution in [3.05, 3.63) is 53.6 Å². The Balaban J connectivity index is 1.51. The summed E-state index contributed by atoms with van der Waals surface area (Å²) in [5.41, 5.74) is 4.18. The van der Waals surface area contributed by atoms with Gasteiger partial charge in [-0.3, -0.25) is 9.69 Å². The van der Waals surface area contributed by atoms with Crippen molar-refractivity contribution in [1.29, 1.82) is 0 Å². The lowest BCUT2D eigenvalue weighted by Gasteiger charge is -2.33. The van der Waals surface area contributed by atoms with E-state index in [4.69, 9.17) is 9.47 Å². The number of amides is 1. The molecule has 10 heteroatoms. The molecule has 1 N–H and O–H groups in total. The first-order valence-electron chi connectivity index (χ1n) is 10.2. The lowest BCUT2D eigenvalue weighted by atomic mass is 10.2. The maximum absolute atomic E-state index is 12.8. The predicted octanol–water partition coefficient (Wildman–Crippen LogP) is 1.47. The third kappa shape index (κ3) is 5.64. The maximum Gasteiger partial charge on any atom is 0.254 e. The fourth-order valence-corrected chi connectivity index (χ4v) is 4.84. The average molecular weight is 461 g/mol. The molecular formula is C22H28N4O5S. The summed E-state index contributed by atoms with van der Waals surface area (Å²) < 4.78 is 37.6. The summed E-state index contributed by atoms with van der Waals surface area (Å²) in [6, 6.07) is 12.2. The van der Waals surface area contributed by atoms with E-state index in [1.165, 1.54) is 17.6 Å². The Morgan fingerprint density at radius 3 is 2.38 bits per heavy atom. The number of carbonyl (C=O) groups is 1. The highest BCUT2D eigenvalue weighted by atomic mass is 32.2. The highest BCUT2D eigenvalue weighted by molar-refractivity contribution is 7.89. The summed E-state index contributed by atoms with van der Waals surface area (Å²) in [6.07, 6.45) is 1.49. The normalized spacial score (nSPS) is 15.6. The largest absolute Gasteiger partial charge is 0.493 e. The molecule has 3 rings (SSSR count). The Morgan fingerprint density at radius 2 is 1.75 bits per heavy atom. The van der Waals surface area contributed by atoms with Crippen LogP contribution in [0.5, 0.6) is 11.5 Å². The maximum atomic E-state index is 12.8. The molecule has 1 fully saturated rings. The summed E-state index contributed by atoms with van der Waals surface area (Å²) in [6.45, 7) is 3.63. The molecule has 1 saturated heterocycles. The molecule has 2 aromatic rings. The fraction of sp³-hybridized carbons (Fsp3) is 0.364. The molecule has 1 amide bonds. The minimum absolute atomic E-state index is 0.130. The van der Waals surface area contributed by atoms with Crippen LogP contribution in [0.2, 0.25) is 0 Å². The van der Waals surface area contributed by atoms with Crippen molar-refractivity contribution in [2.45, 2.75) is 11.8 Å². The number of benzene rings is 2. The number of hydrogen-bond donors (Lipinski definition) is 1. The Bertz CT molecular complexity index is 1060. The van der Waals surface area contributed by atoms with Gasteiger partial charge in [0.1, 0.15) is 0 Å². The van der Waals surface area contributed by atoms with E-state index in [2.05, 4.69) is 10.5 Å². The van der Waals surface area contributed by atoms with Gasteiger partial charge in [-0.2, -0.15) is 9.41 Å². The lowest BCUT2D eigenvalue weighted by molar-refractivity contribution is -0.122. The number of hydrazone groups is 1. The predicted molar refractivity (Wildman–Crippen MR) is 122 cm³/mol. The van der Waals surface area contributed by atoms with Gasteiger partial charge in [-0.1, -0.05) is 23.8 Å². The van der Waals surface area contributed by atoms with E-state index in [1.807, 2.05) is 11.8 Å². The summed E-state index contributed by atoms with van der Waals surface area (Å²) in [7, 11) is -0.445. The third-order valence-corrected chi connectivity index (χ3v) is 7.10. The van der Waals surface area contributed by atoms with Gasteiger partial charge >= 0.3 is 0 Å². The molecule has 0 radical (unpaired) electrons. The lowest BCUT2D eigenvalue weighted by Crippen LogP contribution is -2.50. The van der Waals surface area contributed by atoms with Gasteiger partial charge in [-0.15, -0.1) is 0 Å². The summed E-state index contributed by atoms with van der Waals surface area (Å²) >= 11 is 0. The molecule has 0 aliphatic carbocycles. The van der Waals surface area contributed by atoms with E-state index in [-0.39, 0.29) is 17.3 Å². The van der Waals surface area contributed by atoms with Crippen LogP contribution >= 0.6 is 0 Å². The molecule has 0 atom stereocenters. The number of carbonyl (C=O) groups excluding carboxylic acids is 1. The van der Waals surface area contributed by atoms with Crippen molar-refractivity contribution >= 4 is 22.1 Å². The Hall–Kier alpha value is -2.95. The van der Waals surface area contributed by atoms with Crippen molar-refractivity contribution in [3.63, 3.8) is 0 Å². The van der Waals surface area contributed by atoms with Gasteiger partial charge in [0.25, 0.3) is 5.91 Å². The highest BCUT2D eigenvalue weighted by Crippen LogP contribution is 2.29. The second-order valence-corrected chi connectivity index (χ2v) is 9.31. The number of aryl methyl sites for hydroxylation is 1. The second-order valence-electron chi connectivity index (χ2n) is 7.37. The molecule has 2 aromatic carbocycles. The van der Waals surface area contributed by atoms with Gasteiger partial charge in [0.05, 0.1) is 31.9 Å². The van der Waals surface area contributed by atoms with Gasteiger partial charge in [0.15, 0.2) is 11.5 Å². The monoisotopic (exact) mass is 460 g/mol. The minimum Gasteiger partial charge on any atom is -0.493 e. The summed E-state index contributed by atoms with van der Waals surface area (Å²) in [5, 5.41) is 4.00. The number of ether oxygens (including phenoxy) is 2. The molecule has 1 aliphatic heterocycles. The molecule has 9 nitrogen and oxygen atoms in total. The zero-order valence-electron chi connectivity index (χ0n) is 18.4. The van der Waals surface area contributed by atoms with Crippen LogP contribution in [-0.2, 0) is 14.8 Å². The zero-order chi connectivity index (χ0) is 23.1. The average Bonchev–Trinajstić information content (AvgIpc) is 2.79. The Morgan fingerprint density at radius 1 is 1.06 bits per heavy atom.